The van der Waals surface area contributed by atoms with Crippen molar-refractivity contribution in [3.05, 3.63) is 17.2 Å². The molecule has 5 nitrogen and oxygen atoms in total. The molecule has 6 heteroatoms. The number of nitrogens with zero attached hydrogens (tertiary/aromatic N) is 5. The van der Waals surface area contributed by atoms with Crippen molar-refractivity contribution in [3.8, 4) is 0 Å². The highest BCUT2D eigenvalue weighted by Crippen LogP contribution is 2.37. The fraction of sp³-hybridized carbons (Fsp3) is 0.667. The van der Waals surface area contributed by atoms with E-state index < -0.39 is 0 Å². The van der Waals surface area contributed by atoms with E-state index >= 15 is 0 Å². The van der Waals surface area contributed by atoms with Crippen LogP contribution in [0.15, 0.2) is 6.20 Å². The lowest BCUT2D eigenvalue weighted by molar-refractivity contribution is 0.233. The molecule has 21 heavy (non-hydrogen) atoms. The molecule has 1 aliphatic rings. The minimum absolute atomic E-state index is 0.473. The van der Waals surface area contributed by atoms with Gasteiger partial charge in [0.2, 0.25) is 0 Å². The summed E-state index contributed by atoms with van der Waals surface area (Å²) in [6.45, 7) is 7.60. The molecule has 0 aliphatic carbocycles. The Bertz CT molecular complexity index is 647. The van der Waals surface area contributed by atoms with Crippen LogP contribution in [0.3, 0.4) is 0 Å². The van der Waals surface area contributed by atoms with E-state index in [1.807, 2.05) is 7.05 Å². The van der Waals surface area contributed by atoms with Gasteiger partial charge >= 0.3 is 0 Å². The second-order valence-corrected chi connectivity index (χ2v) is 6.46. The van der Waals surface area contributed by atoms with Crippen molar-refractivity contribution < 1.29 is 0 Å². The smallest absolute Gasteiger partial charge is 0.162 e. The van der Waals surface area contributed by atoms with Crippen LogP contribution in [0, 0.1) is 5.41 Å². The lowest BCUT2D eigenvalue weighted by atomic mass is 9.82. The largest absolute Gasteiger partial charge is 0.295 e. The normalized spacial score (nSPS) is 18.7. The molecule has 0 radical (unpaired) electrons. The lowest BCUT2D eigenvalue weighted by Gasteiger charge is -2.26. The molecule has 2 aromatic rings. The number of hydrogen-bond donors (Lipinski definition) is 0. The average Bonchev–Trinajstić information content (AvgIpc) is 3.05. The van der Waals surface area contributed by atoms with Gasteiger partial charge in [-0.05, 0) is 31.2 Å². The Morgan fingerprint density at radius 1 is 1.29 bits per heavy atom. The van der Waals surface area contributed by atoms with Crippen molar-refractivity contribution in [2.45, 2.75) is 39.7 Å². The van der Waals surface area contributed by atoms with Gasteiger partial charge in [-0.2, -0.15) is 5.10 Å². The summed E-state index contributed by atoms with van der Waals surface area (Å²) in [6.07, 6.45) is 5.46. The summed E-state index contributed by atoms with van der Waals surface area (Å²) in [7, 11) is 1.88. The van der Waals surface area contributed by atoms with Gasteiger partial charge in [0.1, 0.15) is 11.0 Å². The van der Waals surface area contributed by atoms with Crippen molar-refractivity contribution in [1.82, 2.24) is 24.6 Å². The Balaban J connectivity index is 1.81. The maximum absolute atomic E-state index is 6.25. The van der Waals surface area contributed by atoms with Gasteiger partial charge in [-0.3, -0.25) is 9.58 Å². The molecule has 0 aromatic carbocycles. The standard InChI is InChI=1S/C15H22ClN5/c1-4-15(5-2)6-7-21(10-15)9-12-18-13(16)11-8-17-20(3)14(11)19-12/h8H,4-7,9-10H2,1-3H3. The fourth-order valence-corrected chi connectivity index (χ4v) is 3.52. The Labute approximate surface area is 130 Å². The van der Waals surface area contributed by atoms with Crippen LogP contribution in [0.2, 0.25) is 5.15 Å². The fourth-order valence-electron chi connectivity index (χ4n) is 3.29. The number of hydrogen-bond acceptors (Lipinski definition) is 4. The van der Waals surface area contributed by atoms with Crippen LogP contribution < -0.4 is 0 Å². The Hall–Kier alpha value is -1.20. The van der Waals surface area contributed by atoms with Gasteiger partial charge in [-0.15, -0.1) is 0 Å². The molecule has 0 N–H and O–H groups in total. The molecule has 0 amide bonds. The highest BCUT2D eigenvalue weighted by molar-refractivity contribution is 6.33. The van der Waals surface area contributed by atoms with Crippen molar-refractivity contribution >= 4 is 22.6 Å². The third kappa shape index (κ3) is 2.64. The van der Waals surface area contributed by atoms with Crippen molar-refractivity contribution in [2.75, 3.05) is 13.1 Å². The zero-order valence-corrected chi connectivity index (χ0v) is 13.7. The number of rotatable bonds is 4. The van der Waals surface area contributed by atoms with Crippen molar-refractivity contribution in [2.24, 2.45) is 12.5 Å². The SMILES string of the molecule is CCC1(CC)CCN(Cc2nc(Cl)c3cnn(C)c3n2)C1. The molecule has 3 rings (SSSR count). The predicted octanol–water partition coefficient (Wildman–Crippen LogP) is 3.03. The maximum Gasteiger partial charge on any atom is 0.162 e. The van der Waals surface area contributed by atoms with E-state index in [0.717, 1.165) is 36.5 Å². The van der Waals surface area contributed by atoms with Gasteiger partial charge < -0.3 is 0 Å². The van der Waals surface area contributed by atoms with E-state index in [1.54, 1.807) is 10.9 Å². The molecule has 0 bridgehead atoms. The monoisotopic (exact) mass is 307 g/mol. The number of fused-ring (bicyclic) bond motifs is 1. The Morgan fingerprint density at radius 2 is 2.05 bits per heavy atom. The molecule has 3 heterocycles. The van der Waals surface area contributed by atoms with Crippen LogP contribution in [0.1, 0.15) is 38.9 Å². The van der Waals surface area contributed by atoms with Crippen LogP contribution in [0.4, 0.5) is 0 Å². The summed E-state index contributed by atoms with van der Waals surface area (Å²) in [4.78, 5) is 11.5. The zero-order valence-electron chi connectivity index (χ0n) is 12.9. The minimum Gasteiger partial charge on any atom is -0.295 e. The molecule has 0 saturated carbocycles. The second kappa shape index (κ2) is 5.54. The third-order valence-corrected chi connectivity index (χ3v) is 5.26. The lowest BCUT2D eigenvalue weighted by Crippen LogP contribution is -2.26. The molecule has 0 atom stereocenters. The highest BCUT2D eigenvalue weighted by Gasteiger charge is 2.35. The van der Waals surface area contributed by atoms with Gasteiger partial charge in [-0.25, -0.2) is 9.97 Å². The van der Waals surface area contributed by atoms with E-state index in [4.69, 9.17) is 11.6 Å². The summed E-state index contributed by atoms with van der Waals surface area (Å²) in [6, 6.07) is 0. The first-order valence-electron chi connectivity index (χ1n) is 7.63. The van der Waals surface area contributed by atoms with Gasteiger partial charge in [0.05, 0.1) is 18.1 Å². The number of likely N-dealkylation sites (tertiary alicyclic amines) is 1. The van der Waals surface area contributed by atoms with E-state index in [1.165, 1.54) is 19.3 Å². The summed E-state index contributed by atoms with van der Waals surface area (Å²) < 4.78 is 1.75. The molecular formula is C15H22ClN5. The minimum atomic E-state index is 0.473. The summed E-state index contributed by atoms with van der Waals surface area (Å²) in [5, 5.41) is 5.51. The van der Waals surface area contributed by atoms with Crippen LogP contribution in [0.25, 0.3) is 11.0 Å². The van der Waals surface area contributed by atoms with Gasteiger partial charge in [0.25, 0.3) is 0 Å². The predicted molar refractivity (Wildman–Crippen MR) is 84.2 cm³/mol. The zero-order chi connectivity index (χ0) is 15.0. The van der Waals surface area contributed by atoms with Crippen LogP contribution >= 0.6 is 11.6 Å². The Kier molecular flexibility index (Phi) is 3.88. The molecule has 0 unspecified atom stereocenters. The molecule has 2 aromatic heterocycles. The highest BCUT2D eigenvalue weighted by atomic mass is 35.5. The van der Waals surface area contributed by atoms with Crippen molar-refractivity contribution in [3.63, 3.8) is 0 Å². The first-order valence-corrected chi connectivity index (χ1v) is 8.01. The van der Waals surface area contributed by atoms with E-state index in [-0.39, 0.29) is 0 Å². The molecule has 1 fully saturated rings. The summed E-state index contributed by atoms with van der Waals surface area (Å²) in [5.74, 6) is 0.791. The molecule has 0 spiro atoms. The first kappa shape index (κ1) is 14.7. The van der Waals surface area contributed by atoms with E-state index in [2.05, 4.69) is 33.8 Å². The van der Waals surface area contributed by atoms with E-state index in [9.17, 15) is 0 Å². The topological polar surface area (TPSA) is 46.8 Å². The molecule has 1 aliphatic heterocycles. The van der Waals surface area contributed by atoms with Crippen LogP contribution in [-0.2, 0) is 13.6 Å². The van der Waals surface area contributed by atoms with Gasteiger partial charge in [0, 0.05) is 13.6 Å². The van der Waals surface area contributed by atoms with Gasteiger partial charge in [0.15, 0.2) is 5.65 Å². The number of aromatic nitrogens is 4. The van der Waals surface area contributed by atoms with Crippen LogP contribution in [-0.4, -0.2) is 37.7 Å². The summed E-state index contributed by atoms with van der Waals surface area (Å²) in [5.41, 5.74) is 1.28. The summed E-state index contributed by atoms with van der Waals surface area (Å²) >= 11 is 6.25. The van der Waals surface area contributed by atoms with E-state index in [0.29, 0.717) is 10.6 Å². The molecular weight excluding hydrogens is 286 g/mol. The number of aryl methyl sites for hydroxylation is 1. The van der Waals surface area contributed by atoms with Crippen LogP contribution in [0.5, 0.6) is 0 Å². The molecule has 114 valence electrons. The number of halogens is 1. The van der Waals surface area contributed by atoms with Crippen molar-refractivity contribution in [1.29, 1.82) is 0 Å². The maximum atomic E-state index is 6.25. The second-order valence-electron chi connectivity index (χ2n) is 6.10. The molecule has 1 saturated heterocycles. The van der Waals surface area contributed by atoms with Gasteiger partial charge in [-0.1, -0.05) is 25.4 Å². The first-order chi connectivity index (χ1) is 10.1. The Morgan fingerprint density at radius 3 is 2.71 bits per heavy atom. The average molecular weight is 308 g/mol. The third-order valence-electron chi connectivity index (χ3n) is 4.97. The quantitative estimate of drug-likeness (QED) is 0.815.